The molecule has 152 valence electrons. The fourth-order valence-electron chi connectivity index (χ4n) is 4.27. The lowest BCUT2D eigenvalue weighted by atomic mass is 9.79. The van der Waals surface area contributed by atoms with Crippen LogP contribution in [0.25, 0.3) is 11.1 Å². The van der Waals surface area contributed by atoms with E-state index in [1.807, 2.05) is 24.3 Å². The first-order valence-electron chi connectivity index (χ1n) is 10.2. The van der Waals surface area contributed by atoms with E-state index in [9.17, 15) is 9.59 Å². The molecule has 2 aromatic carbocycles. The van der Waals surface area contributed by atoms with Gasteiger partial charge in [-0.2, -0.15) is 0 Å². The SMILES string of the molecule is CNC(=O)[C@]1(Cc2cccc(-c3ccccc3)c2)CCN(C(=O)c2cccnc2)C1. The lowest BCUT2D eigenvalue weighted by Crippen LogP contribution is -2.44. The molecule has 5 nitrogen and oxygen atoms in total. The summed E-state index contributed by atoms with van der Waals surface area (Å²) in [5.74, 6) is -0.0963. The van der Waals surface area contributed by atoms with Crippen molar-refractivity contribution in [1.82, 2.24) is 15.2 Å². The molecule has 0 unspecified atom stereocenters. The van der Waals surface area contributed by atoms with Gasteiger partial charge in [-0.3, -0.25) is 14.6 Å². The van der Waals surface area contributed by atoms with Crippen molar-refractivity contribution in [3.63, 3.8) is 0 Å². The van der Waals surface area contributed by atoms with E-state index >= 15 is 0 Å². The van der Waals surface area contributed by atoms with Crippen LogP contribution in [0.1, 0.15) is 22.3 Å². The largest absolute Gasteiger partial charge is 0.359 e. The minimum absolute atomic E-state index is 0.0194. The third-order valence-corrected chi connectivity index (χ3v) is 5.83. The summed E-state index contributed by atoms with van der Waals surface area (Å²) in [7, 11) is 1.66. The van der Waals surface area contributed by atoms with Gasteiger partial charge in [0.25, 0.3) is 5.91 Å². The summed E-state index contributed by atoms with van der Waals surface area (Å²) in [6.07, 6.45) is 4.44. The Kier molecular flexibility index (Phi) is 5.61. The van der Waals surface area contributed by atoms with Gasteiger partial charge in [-0.15, -0.1) is 0 Å². The Morgan fingerprint density at radius 3 is 2.57 bits per heavy atom. The standard InChI is InChI=1S/C25H25N3O2/c1-26-24(30)25(12-14-28(18-25)23(29)22-11-6-13-27-17-22)16-19-7-5-10-21(15-19)20-8-3-2-4-9-20/h2-11,13,15,17H,12,14,16,18H2,1H3,(H,26,30)/t25-/m0/s1. The van der Waals surface area contributed by atoms with E-state index in [2.05, 4.69) is 40.6 Å². The van der Waals surface area contributed by atoms with Gasteiger partial charge in [0.05, 0.1) is 11.0 Å². The number of nitrogens with zero attached hydrogens (tertiary/aromatic N) is 2. The maximum absolute atomic E-state index is 12.9. The van der Waals surface area contributed by atoms with Crippen LogP contribution in [-0.4, -0.2) is 41.8 Å². The van der Waals surface area contributed by atoms with Crippen LogP contribution in [0.15, 0.2) is 79.1 Å². The van der Waals surface area contributed by atoms with Gasteiger partial charge in [0.1, 0.15) is 0 Å². The van der Waals surface area contributed by atoms with Crippen molar-refractivity contribution in [3.8, 4) is 11.1 Å². The lowest BCUT2D eigenvalue weighted by Gasteiger charge is -2.28. The first-order valence-corrected chi connectivity index (χ1v) is 10.2. The number of likely N-dealkylation sites (tertiary alicyclic amines) is 1. The first kappa shape index (κ1) is 19.8. The van der Waals surface area contributed by atoms with Crippen LogP contribution in [-0.2, 0) is 11.2 Å². The normalized spacial score (nSPS) is 18.2. The van der Waals surface area contributed by atoms with E-state index in [1.54, 1.807) is 36.5 Å². The number of hydrogen-bond donors (Lipinski definition) is 1. The number of pyridine rings is 1. The Labute approximate surface area is 176 Å². The van der Waals surface area contributed by atoms with Crippen molar-refractivity contribution >= 4 is 11.8 Å². The second-order valence-electron chi connectivity index (χ2n) is 7.82. The zero-order valence-electron chi connectivity index (χ0n) is 17.0. The molecule has 2 heterocycles. The van der Waals surface area contributed by atoms with E-state index in [0.717, 1.165) is 16.7 Å². The summed E-state index contributed by atoms with van der Waals surface area (Å²) in [4.78, 5) is 31.6. The second-order valence-corrected chi connectivity index (χ2v) is 7.82. The summed E-state index contributed by atoms with van der Waals surface area (Å²) in [5, 5.41) is 2.82. The van der Waals surface area contributed by atoms with E-state index in [-0.39, 0.29) is 11.8 Å². The fourth-order valence-corrected chi connectivity index (χ4v) is 4.27. The van der Waals surface area contributed by atoms with E-state index in [0.29, 0.717) is 31.5 Å². The minimum Gasteiger partial charge on any atom is -0.359 e. The van der Waals surface area contributed by atoms with Crippen LogP contribution in [0.2, 0.25) is 0 Å². The highest BCUT2D eigenvalue weighted by molar-refractivity contribution is 5.95. The molecule has 1 atom stereocenters. The Hall–Kier alpha value is -3.47. The van der Waals surface area contributed by atoms with Gasteiger partial charge in [0.15, 0.2) is 0 Å². The predicted molar refractivity (Wildman–Crippen MR) is 117 cm³/mol. The molecular formula is C25H25N3O2. The molecule has 1 fully saturated rings. The zero-order valence-corrected chi connectivity index (χ0v) is 17.0. The Balaban J connectivity index is 1.59. The van der Waals surface area contributed by atoms with Gasteiger partial charge in [0, 0.05) is 32.5 Å². The highest BCUT2D eigenvalue weighted by Gasteiger charge is 2.45. The molecule has 5 heteroatoms. The predicted octanol–water partition coefficient (Wildman–Crippen LogP) is 3.57. The molecule has 0 bridgehead atoms. The third kappa shape index (κ3) is 3.96. The van der Waals surface area contributed by atoms with Crippen LogP contribution < -0.4 is 5.32 Å². The van der Waals surface area contributed by atoms with Crippen molar-refractivity contribution in [2.45, 2.75) is 12.8 Å². The van der Waals surface area contributed by atoms with E-state index in [4.69, 9.17) is 0 Å². The molecule has 0 spiro atoms. The first-order chi connectivity index (χ1) is 14.6. The van der Waals surface area contributed by atoms with Gasteiger partial charge in [-0.1, -0.05) is 54.6 Å². The quantitative estimate of drug-likeness (QED) is 0.713. The van der Waals surface area contributed by atoms with Crippen LogP contribution in [0.5, 0.6) is 0 Å². The molecule has 30 heavy (non-hydrogen) atoms. The van der Waals surface area contributed by atoms with Crippen LogP contribution >= 0.6 is 0 Å². The van der Waals surface area contributed by atoms with Gasteiger partial charge < -0.3 is 10.2 Å². The molecule has 3 aromatic rings. The number of hydrogen-bond acceptors (Lipinski definition) is 3. The summed E-state index contributed by atoms with van der Waals surface area (Å²) in [6.45, 7) is 0.954. The summed E-state index contributed by atoms with van der Waals surface area (Å²) < 4.78 is 0. The summed E-state index contributed by atoms with van der Waals surface area (Å²) in [5.41, 5.74) is 3.28. The van der Waals surface area contributed by atoms with Crippen LogP contribution in [0.4, 0.5) is 0 Å². The smallest absolute Gasteiger partial charge is 0.255 e. The molecule has 0 radical (unpaired) electrons. The van der Waals surface area contributed by atoms with E-state index in [1.165, 1.54) is 0 Å². The highest BCUT2D eigenvalue weighted by Crippen LogP contribution is 2.36. The topological polar surface area (TPSA) is 62.3 Å². The van der Waals surface area contributed by atoms with Crippen molar-refractivity contribution < 1.29 is 9.59 Å². The fraction of sp³-hybridized carbons (Fsp3) is 0.240. The Bertz CT molecular complexity index is 1040. The monoisotopic (exact) mass is 399 g/mol. The molecule has 0 saturated carbocycles. The molecule has 2 amide bonds. The van der Waals surface area contributed by atoms with Crippen LogP contribution in [0, 0.1) is 5.41 Å². The number of benzene rings is 2. The zero-order chi connectivity index (χ0) is 21.0. The van der Waals surface area contributed by atoms with Crippen LogP contribution in [0.3, 0.4) is 0 Å². The average molecular weight is 399 g/mol. The van der Waals surface area contributed by atoms with E-state index < -0.39 is 5.41 Å². The van der Waals surface area contributed by atoms with Gasteiger partial charge in [-0.25, -0.2) is 0 Å². The molecule has 1 aliphatic heterocycles. The van der Waals surface area contributed by atoms with Gasteiger partial charge in [-0.05, 0) is 41.7 Å². The molecule has 1 aromatic heterocycles. The summed E-state index contributed by atoms with van der Waals surface area (Å²) >= 11 is 0. The maximum atomic E-state index is 12.9. The highest BCUT2D eigenvalue weighted by atomic mass is 16.2. The molecule has 1 N–H and O–H groups in total. The number of nitrogens with one attached hydrogen (secondary N) is 1. The Morgan fingerprint density at radius 2 is 1.83 bits per heavy atom. The maximum Gasteiger partial charge on any atom is 0.255 e. The number of rotatable bonds is 5. The summed E-state index contributed by atoms with van der Waals surface area (Å²) in [6, 6.07) is 22.0. The molecule has 1 aliphatic rings. The van der Waals surface area contributed by atoms with Crippen molar-refractivity contribution in [2.24, 2.45) is 5.41 Å². The minimum atomic E-state index is -0.637. The number of amides is 2. The molecular weight excluding hydrogens is 374 g/mol. The van der Waals surface area contributed by atoms with Gasteiger partial charge in [0.2, 0.25) is 5.91 Å². The second kappa shape index (κ2) is 8.49. The van der Waals surface area contributed by atoms with Crippen molar-refractivity contribution in [3.05, 3.63) is 90.3 Å². The molecule has 0 aliphatic carbocycles. The number of aromatic nitrogens is 1. The third-order valence-electron chi connectivity index (χ3n) is 5.83. The van der Waals surface area contributed by atoms with Crippen molar-refractivity contribution in [1.29, 1.82) is 0 Å². The molecule has 4 rings (SSSR count). The number of carbonyl (C=O) groups excluding carboxylic acids is 2. The van der Waals surface area contributed by atoms with Crippen molar-refractivity contribution in [2.75, 3.05) is 20.1 Å². The molecule has 1 saturated heterocycles. The lowest BCUT2D eigenvalue weighted by molar-refractivity contribution is -0.129. The number of carbonyl (C=O) groups is 2. The van der Waals surface area contributed by atoms with Gasteiger partial charge >= 0.3 is 0 Å². The average Bonchev–Trinajstić information content (AvgIpc) is 3.24. The Morgan fingerprint density at radius 1 is 1.03 bits per heavy atom.